The number of rotatable bonds is 5. The van der Waals surface area contributed by atoms with Gasteiger partial charge in [-0.25, -0.2) is 0 Å². The van der Waals surface area contributed by atoms with Gasteiger partial charge in [-0.05, 0) is 38.6 Å². The van der Waals surface area contributed by atoms with Crippen LogP contribution in [-0.4, -0.2) is 16.5 Å². The first-order valence-electron chi connectivity index (χ1n) is 6.08. The van der Waals surface area contributed by atoms with E-state index in [0.29, 0.717) is 0 Å². The summed E-state index contributed by atoms with van der Waals surface area (Å²) in [4.78, 5) is 8.26. The lowest BCUT2D eigenvalue weighted by molar-refractivity contribution is 0.626. The fourth-order valence-electron chi connectivity index (χ4n) is 2.02. The average Bonchev–Trinajstić information content (AvgIpc) is 2.37. The second-order valence-corrected chi connectivity index (χ2v) is 4.23. The Hall–Kier alpha value is -1.22. The van der Waals surface area contributed by atoms with Gasteiger partial charge in [-0.1, -0.05) is 11.6 Å². The third kappa shape index (κ3) is 3.74. The molecule has 0 aromatic carbocycles. The highest BCUT2D eigenvalue weighted by Crippen LogP contribution is 2.19. The molecule has 0 atom stereocenters. The van der Waals surface area contributed by atoms with Crippen molar-refractivity contribution in [2.24, 2.45) is 0 Å². The summed E-state index contributed by atoms with van der Waals surface area (Å²) >= 11 is 0. The minimum absolute atomic E-state index is 0.821. The first kappa shape index (κ1) is 11.3. The zero-order valence-electron chi connectivity index (χ0n) is 9.65. The van der Waals surface area contributed by atoms with E-state index in [4.69, 9.17) is 0 Å². The maximum Gasteiger partial charge on any atom is 0.0724 e. The van der Waals surface area contributed by atoms with Crippen molar-refractivity contribution in [2.45, 2.75) is 38.6 Å². The molecule has 0 amide bonds. The minimum Gasteiger partial charge on any atom is -0.311 e. The molecule has 0 aliphatic heterocycles. The molecule has 0 saturated heterocycles. The van der Waals surface area contributed by atoms with E-state index in [1.54, 1.807) is 18.0 Å². The smallest absolute Gasteiger partial charge is 0.0724 e. The van der Waals surface area contributed by atoms with Crippen LogP contribution in [0.2, 0.25) is 0 Å². The highest BCUT2D eigenvalue weighted by atomic mass is 14.9. The van der Waals surface area contributed by atoms with Crippen LogP contribution in [0, 0.1) is 0 Å². The second kappa shape index (κ2) is 6.38. The van der Waals surface area contributed by atoms with Gasteiger partial charge in [0.25, 0.3) is 0 Å². The quantitative estimate of drug-likeness (QED) is 0.608. The Labute approximate surface area is 97.0 Å². The standard InChI is InChI=1S/C13H19N3/c1-2-4-12(5-3-1)6-7-14-10-13-11-15-8-9-16-13/h4,8-9,11,14H,1-3,5-7,10H2. The molecule has 16 heavy (non-hydrogen) atoms. The van der Waals surface area contributed by atoms with Crippen molar-refractivity contribution in [1.82, 2.24) is 15.3 Å². The van der Waals surface area contributed by atoms with Crippen molar-refractivity contribution in [3.63, 3.8) is 0 Å². The van der Waals surface area contributed by atoms with E-state index < -0.39 is 0 Å². The van der Waals surface area contributed by atoms with Gasteiger partial charge in [-0.3, -0.25) is 9.97 Å². The topological polar surface area (TPSA) is 37.8 Å². The molecule has 86 valence electrons. The lowest BCUT2D eigenvalue weighted by atomic mass is 9.97. The number of aromatic nitrogens is 2. The van der Waals surface area contributed by atoms with Crippen molar-refractivity contribution in [1.29, 1.82) is 0 Å². The molecular formula is C13H19N3. The molecule has 0 radical (unpaired) electrons. The van der Waals surface area contributed by atoms with Gasteiger partial charge in [0.2, 0.25) is 0 Å². The van der Waals surface area contributed by atoms with Crippen LogP contribution in [0.1, 0.15) is 37.8 Å². The molecule has 0 unspecified atom stereocenters. The van der Waals surface area contributed by atoms with Crippen LogP contribution in [0.15, 0.2) is 30.2 Å². The summed E-state index contributed by atoms with van der Waals surface area (Å²) in [6.07, 6.45) is 14.2. The van der Waals surface area contributed by atoms with Gasteiger partial charge in [0, 0.05) is 25.1 Å². The van der Waals surface area contributed by atoms with Gasteiger partial charge in [-0.15, -0.1) is 0 Å². The van der Waals surface area contributed by atoms with E-state index in [0.717, 1.165) is 18.8 Å². The maximum atomic E-state index is 4.22. The van der Waals surface area contributed by atoms with E-state index >= 15 is 0 Å². The van der Waals surface area contributed by atoms with Gasteiger partial charge in [-0.2, -0.15) is 0 Å². The molecule has 0 saturated carbocycles. The first-order valence-corrected chi connectivity index (χ1v) is 6.08. The van der Waals surface area contributed by atoms with Gasteiger partial charge in [0.1, 0.15) is 0 Å². The summed E-state index contributed by atoms with van der Waals surface area (Å²) in [5, 5.41) is 3.41. The molecule has 3 heteroatoms. The Morgan fingerprint density at radius 2 is 2.25 bits per heavy atom. The summed E-state index contributed by atoms with van der Waals surface area (Å²) in [6, 6.07) is 0. The van der Waals surface area contributed by atoms with Gasteiger partial charge >= 0.3 is 0 Å². The molecule has 1 N–H and O–H groups in total. The normalized spacial score (nSPS) is 15.9. The Kier molecular flexibility index (Phi) is 4.50. The Morgan fingerprint density at radius 1 is 1.25 bits per heavy atom. The zero-order valence-corrected chi connectivity index (χ0v) is 9.65. The molecule has 1 heterocycles. The largest absolute Gasteiger partial charge is 0.311 e. The van der Waals surface area contributed by atoms with E-state index in [9.17, 15) is 0 Å². The summed E-state index contributed by atoms with van der Waals surface area (Å²) in [5.74, 6) is 0. The lowest BCUT2D eigenvalue weighted by Crippen LogP contribution is -2.16. The monoisotopic (exact) mass is 217 g/mol. The third-order valence-electron chi connectivity index (χ3n) is 2.93. The van der Waals surface area contributed by atoms with Gasteiger partial charge in [0.05, 0.1) is 5.69 Å². The summed E-state index contributed by atoms with van der Waals surface area (Å²) in [6.45, 7) is 1.86. The fraction of sp³-hybridized carbons (Fsp3) is 0.538. The Morgan fingerprint density at radius 3 is 3.00 bits per heavy atom. The molecule has 3 nitrogen and oxygen atoms in total. The predicted molar refractivity (Wildman–Crippen MR) is 64.9 cm³/mol. The summed E-state index contributed by atoms with van der Waals surface area (Å²) < 4.78 is 0. The average molecular weight is 217 g/mol. The first-order chi connectivity index (χ1) is 7.95. The number of nitrogens with one attached hydrogen (secondary N) is 1. The van der Waals surface area contributed by atoms with Crippen LogP contribution in [-0.2, 0) is 6.54 Å². The molecule has 1 aromatic rings. The zero-order chi connectivity index (χ0) is 11.1. The molecule has 1 aliphatic rings. The third-order valence-corrected chi connectivity index (χ3v) is 2.93. The van der Waals surface area contributed by atoms with Crippen molar-refractivity contribution < 1.29 is 0 Å². The fourth-order valence-corrected chi connectivity index (χ4v) is 2.02. The lowest BCUT2D eigenvalue weighted by Gasteiger charge is -2.12. The SMILES string of the molecule is C1=C(CCNCc2cnccn2)CCCC1. The van der Waals surface area contributed by atoms with Crippen molar-refractivity contribution in [3.05, 3.63) is 35.9 Å². The molecule has 1 aromatic heterocycles. The Balaban J connectivity index is 1.63. The summed E-state index contributed by atoms with van der Waals surface area (Å²) in [5.41, 5.74) is 2.64. The van der Waals surface area contributed by atoms with Crippen LogP contribution in [0.25, 0.3) is 0 Å². The van der Waals surface area contributed by atoms with Crippen molar-refractivity contribution in [2.75, 3.05) is 6.54 Å². The van der Waals surface area contributed by atoms with Gasteiger partial charge in [0.15, 0.2) is 0 Å². The van der Waals surface area contributed by atoms with Crippen LogP contribution < -0.4 is 5.32 Å². The van der Waals surface area contributed by atoms with E-state index in [1.807, 2.05) is 6.20 Å². The minimum atomic E-state index is 0.821. The van der Waals surface area contributed by atoms with Crippen molar-refractivity contribution in [3.8, 4) is 0 Å². The van der Waals surface area contributed by atoms with Crippen LogP contribution in [0.3, 0.4) is 0 Å². The molecular weight excluding hydrogens is 198 g/mol. The highest BCUT2D eigenvalue weighted by molar-refractivity contribution is 5.05. The highest BCUT2D eigenvalue weighted by Gasteiger charge is 2.02. The van der Waals surface area contributed by atoms with E-state index in [-0.39, 0.29) is 0 Å². The number of hydrogen-bond acceptors (Lipinski definition) is 3. The molecule has 2 rings (SSSR count). The molecule has 0 bridgehead atoms. The van der Waals surface area contributed by atoms with Crippen molar-refractivity contribution >= 4 is 0 Å². The number of hydrogen-bond donors (Lipinski definition) is 1. The molecule has 0 spiro atoms. The van der Waals surface area contributed by atoms with E-state index in [1.165, 1.54) is 32.1 Å². The van der Waals surface area contributed by atoms with Gasteiger partial charge < -0.3 is 5.32 Å². The number of allylic oxidation sites excluding steroid dienone is 1. The van der Waals surface area contributed by atoms with Crippen LogP contribution in [0.5, 0.6) is 0 Å². The number of nitrogens with zero attached hydrogens (tertiary/aromatic N) is 2. The molecule has 1 aliphatic carbocycles. The molecule has 0 fully saturated rings. The Bertz CT molecular complexity index is 332. The predicted octanol–water partition coefficient (Wildman–Crippen LogP) is 2.46. The summed E-state index contributed by atoms with van der Waals surface area (Å²) in [7, 11) is 0. The van der Waals surface area contributed by atoms with Crippen LogP contribution >= 0.6 is 0 Å². The maximum absolute atomic E-state index is 4.22. The van der Waals surface area contributed by atoms with Crippen LogP contribution in [0.4, 0.5) is 0 Å². The second-order valence-electron chi connectivity index (χ2n) is 4.23. The van der Waals surface area contributed by atoms with E-state index in [2.05, 4.69) is 21.4 Å².